The van der Waals surface area contributed by atoms with Gasteiger partial charge in [0, 0.05) is 19.1 Å². The first-order valence-corrected chi connectivity index (χ1v) is 9.42. The standard InChI is InChI=1S/C20H30N2O2/c1-16(20(23)21-18-9-5-6-10-18)22-13-11-19(12-14-22)24-15-17-7-3-2-4-8-17/h2-4,7-8,16,18-19H,5-6,9-15H2,1H3,(H,21,23). The summed E-state index contributed by atoms with van der Waals surface area (Å²) < 4.78 is 6.04. The molecule has 3 rings (SSSR count). The fourth-order valence-corrected chi connectivity index (χ4v) is 3.78. The average Bonchev–Trinajstić information content (AvgIpc) is 3.13. The first kappa shape index (κ1) is 17.4. The van der Waals surface area contributed by atoms with Crippen molar-refractivity contribution in [3.63, 3.8) is 0 Å². The van der Waals surface area contributed by atoms with E-state index in [1.54, 1.807) is 0 Å². The van der Waals surface area contributed by atoms with Crippen LogP contribution in [0.1, 0.15) is 51.0 Å². The maximum Gasteiger partial charge on any atom is 0.237 e. The first-order chi connectivity index (χ1) is 11.7. The molecule has 2 aliphatic rings. The number of likely N-dealkylation sites (tertiary alicyclic amines) is 1. The molecule has 1 atom stereocenters. The molecule has 4 heteroatoms. The van der Waals surface area contributed by atoms with Gasteiger partial charge in [-0.2, -0.15) is 0 Å². The van der Waals surface area contributed by atoms with Crippen LogP contribution in [0.2, 0.25) is 0 Å². The molecule has 4 nitrogen and oxygen atoms in total. The first-order valence-electron chi connectivity index (χ1n) is 9.42. The highest BCUT2D eigenvalue weighted by molar-refractivity contribution is 5.81. The Morgan fingerprint density at radius 1 is 1.17 bits per heavy atom. The Balaban J connectivity index is 1.38. The molecule has 132 valence electrons. The number of hydrogen-bond acceptors (Lipinski definition) is 3. The Bertz CT molecular complexity index is 506. The molecule has 2 fully saturated rings. The third-order valence-electron chi connectivity index (χ3n) is 5.43. The van der Waals surface area contributed by atoms with Gasteiger partial charge < -0.3 is 10.1 Å². The maximum atomic E-state index is 12.4. The van der Waals surface area contributed by atoms with Crippen LogP contribution in [0.25, 0.3) is 0 Å². The third kappa shape index (κ3) is 4.81. The summed E-state index contributed by atoms with van der Waals surface area (Å²) in [5.41, 5.74) is 1.23. The zero-order valence-electron chi connectivity index (χ0n) is 14.7. The zero-order chi connectivity index (χ0) is 16.8. The van der Waals surface area contributed by atoms with Crippen LogP contribution in [0, 0.1) is 0 Å². The molecule has 0 radical (unpaired) electrons. The van der Waals surface area contributed by atoms with Crippen LogP contribution in [0.5, 0.6) is 0 Å². The Morgan fingerprint density at radius 3 is 2.50 bits per heavy atom. The fraction of sp³-hybridized carbons (Fsp3) is 0.650. The lowest BCUT2D eigenvalue weighted by atomic mass is 10.1. The minimum Gasteiger partial charge on any atom is -0.373 e. The quantitative estimate of drug-likeness (QED) is 0.871. The van der Waals surface area contributed by atoms with E-state index >= 15 is 0 Å². The summed E-state index contributed by atoms with van der Waals surface area (Å²) in [5.74, 6) is 0.200. The molecular weight excluding hydrogens is 300 g/mol. The molecule has 1 aromatic carbocycles. The summed E-state index contributed by atoms with van der Waals surface area (Å²) in [7, 11) is 0. The second kappa shape index (κ2) is 8.63. The lowest BCUT2D eigenvalue weighted by Gasteiger charge is -2.35. The number of amides is 1. The molecule has 1 aromatic rings. The Morgan fingerprint density at radius 2 is 1.83 bits per heavy atom. The topological polar surface area (TPSA) is 41.6 Å². The van der Waals surface area contributed by atoms with E-state index in [1.165, 1.54) is 18.4 Å². The Labute approximate surface area is 145 Å². The number of carbonyl (C=O) groups excluding carboxylic acids is 1. The van der Waals surface area contributed by atoms with Crippen molar-refractivity contribution in [2.75, 3.05) is 13.1 Å². The number of rotatable bonds is 6. The number of ether oxygens (including phenoxy) is 1. The summed E-state index contributed by atoms with van der Waals surface area (Å²) >= 11 is 0. The molecule has 1 aliphatic heterocycles. The van der Waals surface area contributed by atoms with Gasteiger partial charge in [0.05, 0.1) is 18.8 Å². The molecule has 1 amide bonds. The molecule has 0 spiro atoms. The number of benzene rings is 1. The number of nitrogens with zero attached hydrogens (tertiary/aromatic N) is 1. The third-order valence-corrected chi connectivity index (χ3v) is 5.43. The van der Waals surface area contributed by atoms with Crippen LogP contribution < -0.4 is 5.32 Å². The Hall–Kier alpha value is -1.39. The van der Waals surface area contributed by atoms with E-state index < -0.39 is 0 Å². The molecule has 1 unspecified atom stereocenters. The van der Waals surface area contributed by atoms with E-state index in [4.69, 9.17) is 4.74 Å². The van der Waals surface area contributed by atoms with E-state index in [0.717, 1.165) is 38.8 Å². The molecule has 1 saturated carbocycles. The van der Waals surface area contributed by atoms with Crippen molar-refractivity contribution in [3.8, 4) is 0 Å². The van der Waals surface area contributed by atoms with Crippen LogP contribution in [0.15, 0.2) is 30.3 Å². The summed E-state index contributed by atoms with van der Waals surface area (Å²) in [4.78, 5) is 14.7. The predicted octanol–water partition coefficient (Wildman–Crippen LogP) is 3.11. The summed E-state index contributed by atoms with van der Waals surface area (Å²) in [6, 6.07) is 10.7. The van der Waals surface area contributed by atoms with Crippen molar-refractivity contribution in [1.29, 1.82) is 0 Å². The lowest BCUT2D eigenvalue weighted by Crippen LogP contribution is -2.50. The smallest absolute Gasteiger partial charge is 0.237 e. The van der Waals surface area contributed by atoms with Crippen molar-refractivity contribution < 1.29 is 9.53 Å². The van der Waals surface area contributed by atoms with Crippen LogP contribution in [-0.2, 0) is 16.1 Å². The summed E-state index contributed by atoms with van der Waals surface area (Å²) in [6.07, 6.45) is 7.13. The van der Waals surface area contributed by atoms with Gasteiger partial charge in [0.15, 0.2) is 0 Å². The van der Waals surface area contributed by atoms with E-state index in [2.05, 4.69) is 22.3 Å². The van der Waals surface area contributed by atoms with Crippen molar-refractivity contribution in [1.82, 2.24) is 10.2 Å². The van der Waals surface area contributed by atoms with E-state index in [0.29, 0.717) is 18.8 Å². The van der Waals surface area contributed by atoms with Gasteiger partial charge >= 0.3 is 0 Å². The van der Waals surface area contributed by atoms with Gasteiger partial charge in [0.1, 0.15) is 0 Å². The number of hydrogen-bond donors (Lipinski definition) is 1. The fourth-order valence-electron chi connectivity index (χ4n) is 3.78. The van der Waals surface area contributed by atoms with Crippen LogP contribution >= 0.6 is 0 Å². The largest absolute Gasteiger partial charge is 0.373 e. The van der Waals surface area contributed by atoms with Gasteiger partial charge in [-0.15, -0.1) is 0 Å². The second-order valence-electron chi connectivity index (χ2n) is 7.20. The lowest BCUT2D eigenvalue weighted by molar-refractivity contribution is -0.127. The molecule has 1 heterocycles. The van der Waals surface area contributed by atoms with Crippen molar-refractivity contribution in [2.45, 2.75) is 70.2 Å². The highest BCUT2D eigenvalue weighted by atomic mass is 16.5. The zero-order valence-corrected chi connectivity index (χ0v) is 14.7. The van der Waals surface area contributed by atoms with Gasteiger partial charge in [-0.25, -0.2) is 0 Å². The summed E-state index contributed by atoms with van der Waals surface area (Å²) in [5, 5.41) is 3.22. The minimum absolute atomic E-state index is 0.0272. The molecule has 1 N–H and O–H groups in total. The monoisotopic (exact) mass is 330 g/mol. The SMILES string of the molecule is CC(C(=O)NC1CCCC1)N1CCC(OCc2ccccc2)CC1. The van der Waals surface area contributed by atoms with E-state index in [-0.39, 0.29) is 11.9 Å². The molecule has 1 aliphatic carbocycles. The molecule has 24 heavy (non-hydrogen) atoms. The normalized spacial score (nSPS) is 21.7. The highest BCUT2D eigenvalue weighted by Gasteiger charge is 2.28. The second-order valence-corrected chi connectivity index (χ2v) is 7.20. The van der Waals surface area contributed by atoms with Gasteiger partial charge in [-0.05, 0) is 38.2 Å². The van der Waals surface area contributed by atoms with Crippen molar-refractivity contribution in [2.24, 2.45) is 0 Å². The number of nitrogens with one attached hydrogen (secondary N) is 1. The van der Waals surface area contributed by atoms with Crippen LogP contribution in [-0.4, -0.2) is 42.1 Å². The van der Waals surface area contributed by atoms with Crippen molar-refractivity contribution >= 4 is 5.91 Å². The van der Waals surface area contributed by atoms with Gasteiger partial charge in [0.25, 0.3) is 0 Å². The van der Waals surface area contributed by atoms with Crippen LogP contribution in [0.3, 0.4) is 0 Å². The molecule has 1 saturated heterocycles. The Kier molecular flexibility index (Phi) is 6.27. The van der Waals surface area contributed by atoms with Gasteiger partial charge in [0.2, 0.25) is 5.91 Å². The number of carbonyl (C=O) groups is 1. The average molecular weight is 330 g/mol. The molecule has 0 aromatic heterocycles. The predicted molar refractivity (Wildman–Crippen MR) is 95.7 cm³/mol. The van der Waals surface area contributed by atoms with Crippen molar-refractivity contribution in [3.05, 3.63) is 35.9 Å². The maximum absolute atomic E-state index is 12.4. The summed E-state index contributed by atoms with van der Waals surface area (Å²) in [6.45, 7) is 4.61. The van der Waals surface area contributed by atoms with E-state index in [1.807, 2.05) is 25.1 Å². The molecular formula is C20H30N2O2. The van der Waals surface area contributed by atoms with Gasteiger partial charge in [-0.3, -0.25) is 9.69 Å². The number of piperidine rings is 1. The van der Waals surface area contributed by atoms with Crippen LogP contribution in [0.4, 0.5) is 0 Å². The minimum atomic E-state index is -0.0272. The molecule has 0 bridgehead atoms. The highest BCUT2D eigenvalue weighted by Crippen LogP contribution is 2.20. The van der Waals surface area contributed by atoms with Gasteiger partial charge in [-0.1, -0.05) is 43.2 Å². The van der Waals surface area contributed by atoms with E-state index in [9.17, 15) is 4.79 Å².